The van der Waals surface area contributed by atoms with E-state index in [2.05, 4.69) is 15.6 Å². The molecule has 8 nitrogen and oxygen atoms in total. The lowest BCUT2D eigenvalue weighted by Crippen LogP contribution is -2.33. The van der Waals surface area contributed by atoms with Gasteiger partial charge in [-0.25, -0.2) is 4.68 Å². The van der Waals surface area contributed by atoms with Crippen LogP contribution in [-0.2, 0) is 9.59 Å². The largest absolute Gasteiger partial charge is 0.480 e. The van der Waals surface area contributed by atoms with Crippen LogP contribution in [0.2, 0.25) is 0 Å². The van der Waals surface area contributed by atoms with Gasteiger partial charge in [0.2, 0.25) is 0 Å². The van der Waals surface area contributed by atoms with Crippen LogP contribution in [0.4, 0.5) is 0 Å². The maximum atomic E-state index is 11.2. The Kier molecular flexibility index (Phi) is 4.28. The van der Waals surface area contributed by atoms with E-state index in [9.17, 15) is 9.59 Å². The van der Waals surface area contributed by atoms with Crippen LogP contribution in [0, 0.1) is 0 Å². The van der Waals surface area contributed by atoms with Crippen molar-refractivity contribution in [3.05, 3.63) is 36.5 Å². The minimum absolute atomic E-state index is 0.180. The SMILES string of the molecule is O=C(O)CNC(=O)COc1cn(-c2ccccc2)nn1. The highest BCUT2D eigenvalue weighted by Gasteiger charge is 2.07. The van der Waals surface area contributed by atoms with E-state index in [0.29, 0.717) is 0 Å². The molecule has 8 heteroatoms. The van der Waals surface area contributed by atoms with Crippen molar-refractivity contribution in [1.82, 2.24) is 20.3 Å². The second kappa shape index (κ2) is 6.32. The number of nitrogens with one attached hydrogen (secondary N) is 1. The second-order valence-corrected chi connectivity index (χ2v) is 3.80. The fraction of sp³-hybridized carbons (Fsp3) is 0.167. The molecule has 0 bridgehead atoms. The van der Waals surface area contributed by atoms with E-state index < -0.39 is 18.4 Å². The van der Waals surface area contributed by atoms with E-state index in [1.165, 1.54) is 10.9 Å². The highest BCUT2D eigenvalue weighted by atomic mass is 16.5. The number of hydrogen-bond acceptors (Lipinski definition) is 5. The Balaban J connectivity index is 1.87. The van der Waals surface area contributed by atoms with Crippen molar-refractivity contribution in [2.24, 2.45) is 0 Å². The summed E-state index contributed by atoms with van der Waals surface area (Å²) in [6.45, 7) is -0.764. The summed E-state index contributed by atoms with van der Waals surface area (Å²) in [5.74, 6) is -1.48. The van der Waals surface area contributed by atoms with Crippen LogP contribution in [0.3, 0.4) is 0 Å². The van der Waals surface area contributed by atoms with Gasteiger partial charge in [0.05, 0.1) is 11.9 Å². The van der Waals surface area contributed by atoms with Crippen LogP contribution >= 0.6 is 0 Å². The second-order valence-electron chi connectivity index (χ2n) is 3.80. The fourth-order valence-electron chi connectivity index (χ4n) is 1.39. The number of hydrogen-bond donors (Lipinski definition) is 2. The maximum Gasteiger partial charge on any atom is 0.322 e. The Bertz CT molecular complexity index is 597. The molecule has 0 fully saturated rings. The smallest absolute Gasteiger partial charge is 0.322 e. The molecule has 0 aliphatic heterocycles. The number of para-hydroxylation sites is 1. The van der Waals surface area contributed by atoms with Gasteiger partial charge >= 0.3 is 5.97 Å². The van der Waals surface area contributed by atoms with E-state index in [1.807, 2.05) is 30.3 Å². The summed E-state index contributed by atoms with van der Waals surface area (Å²) in [5, 5.41) is 18.2. The molecule has 0 saturated carbocycles. The van der Waals surface area contributed by atoms with Crippen molar-refractivity contribution in [1.29, 1.82) is 0 Å². The molecule has 1 heterocycles. The van der Waals surface area contributed by atoms with Crippen LogP contribution in [0.1, 0.15) is 0 Å². The average Bonchev–Trinajstić information content (AvgIpc) is 2.93. The minimum Gasteiger partial charge on any atom is -0.480 e. The number of carboxylic acid groups (broad SMARTS) is 1. The fourth-order valence-corrected chi connectivity index (χ4v) is 1.39. The van der Waals surface area contributed by atoms with Gasteiger partial charge in [-0.05, 0) is 12.1 Å². The van der Waals surface area contributed by atoms with Gasteiger partial charge in [0.1, 0.15) is 6.54 Å². The van der Waals surface area contributed by atoms with Gasteiger partial charge in [0.25, 0.3) is 11.8 Å². The summed E-state index contributed by atoms with van der Waals surface area (Å²) in [5.41, 5.74) is 0.810. The number of rotatable bonds is 6. The lowest BCUT2D eigenvalue weighted by Gasteiger charge is -2.02. The Labute approximate surface area is 114 Å². The molecule has 0 aliphatic rings. The third-order valence-corrected chi connectivity index (χ3v) is 2.28. The van der Waals surface area contributed by atoms with E-state index in [1.54, 1.807) is 0 Å². The first kappa shape index (κ1) is 13.5. The van der Waals surface area contributed by atoms with Gasteiger partial charge < -0.3 is 15.2 Å². The molecule has 0 unspecified atom stereocenters. The van der Waals surface area contributed by atoms with Gasteiger partial charge in [0.15, 0.2) is 6.61 Å². The average molecular weight is 276 g/mol. The number of carbonyl (C=O) groups is 2. The number of nitrogens with zero attached hydrogens (tertiary/aromatic N) is 3. The standard InChI is InChI=1S/C12H12N4O4/c17-10(13-6-12(18)19)8-20-11-7-16(15-14-11)9-4-2-1-3-5-9/h1-5,7H,6,8H2,(H,13,17)(H,18,19). The molecule has 0 aliphatic carbocycles. The number of carbonyl (C=O) groups excluding carboxylic acids is 1. The number of carboxylic acids is 1. The van der Waals surface area contributed by atoms with Crippen molar-refractivity contribution in [2.75, 3.05) is 13.2 Å². The van der Waals surface area contributed by atoms with Gasteiger partial charge in [-0.3, -0.25) is 9.59 Å². The molecule has 0 spiro atoms. The van der Waals surface area contributed by atoms with Crippen LogP contribution in [0.15, 0.2) is 36.5 Å². The molecular weight excluding hydrogens is 264 g/mol. The van der Waals surface area contributed by atoms with Crippen molar-refractivity contribution in [3.8, 4) is 11.6 Å². The Morgan fingerprint density at radius 1 is 1.30 bits per heavy atom. The molecule has 2 N–H and O–H groups in total. The predicted octanol–water partition coefficient (Wildman–Crippen LogP) is -0.153. The topological polar surface area (TPSA) is 106 Å². The Hall–Kier alpha value is -2.90. The zero-order valence-electron chi connectivity index (χ0n) is 10.4. The molecular formula is C12H12N4O4. The maximum absolute atomic E-state index is 11.2. The van der Waals surface area contributed by atoms with E-state index in [0.717, 1.165) is 5.69 Å². The summed E-state index contributed by atoms with van der Waals surface area (Å²) in [6, 6.07) is 9.29. The first-order valence-corrected chi connectivity index (χ1v) is 5.74. The van der Waals surface area contributed by atoms with Crippen molar-refractivity contribution < 1.29 is 19.4 Å². The van der Waals surface area contributed by atoms with Crippen LogP contribution < -0.4 is 10.1 Å². The lowest BCUT2D eigenvalue weighted by molar-refractivity contribution is -0.138. The summed E-state index contributed by atoms with van der Waals surface area (Å²) < 4.78 is 6.61. The number of amides is 1. The highest BCUT2D eigenvalue weighted by molar-refractivity contribution is 5.82. The summed E-state index contributed by atoms with van der Waals surface area (Å²) in [4.78, 5) is 21.5. The molecule has 2 aromatic rings. The zero-order valence-corrected chi connectivity index (χ0v) is 10.4. The third kappa shape index (κ3) is 3.80. The normalized spacial score (nSPS) is 10.0. The predicted molar refractivity (Wildman–Crippen MR) is 67.5 cm³/mol. The van der Waals surface area contributed by atoms with E-state index in [-0.39, 0.29) is 12.5 Å². The zero-order chi connectivity index (χ0) is 14.4. The third-order valence-electron chi connectivity index (χ3n) is 2.28. The summed E-state index contributed by atoms with van der Waals surface area (Å²) >= 11 is 0. The Morgan fingerprint density at radius 2 is 2.05 bits per heavy atom. The number of benzene rings is 1. The van der Waals surface area contributed by atoms with E-state index >= 15 is 0 Å². The summed E-state index contributed by atoms with van der Waals surface area (Å²) in [7, 11) is 0. The van der Waals surface area contributed by atoms with Crippen LogP contribution in [0.5, 0.6) is 5.88 Å². The Morgan fingerprint density at radius 3 is 2.75 bits per heavy atom. The van der Waals surface area contributed by atoms with Gasteiger partial charge in [-0.1, -0.05) is 28.5 Å². The number of ether oxygens (including phenoxy) is 1. The van der Waals surface area contributed by atoms with Crippen molar-refractivity contribution in [2.45, 2.75) is 0 Å². The van der Waals surface area contributed by atoms with E-state index in [4.69, 9.17) is 9.84 Å². The first-order valence-electron chi connectivity index (χ1n) is 5.74. The van der Waals surface area contributed by atoms with Crippen LogP contribution in [0.25, 0.3) is 5.69 Å². The molecule has 1 amide bonds. The summed E-state index contributed by atoms with van der Waals surface area (Å²) in [6.07, 6.45) is 1.53. The van der Waals surface area contributed by atoms with Gasteiger partial charge in [0, 0.05) is 0 Å². The van der Waals surface area contributed by atoms with Crippen molar-refractivity contribution >= 4 is 11.9 Å². The molecule has 104 valence electrons. The van der Waals surface area contributed by atoms with Crippen molar-refractivity contribution in [3.63, 3.8) is 0 Å². The molecule has 20 heavy (non-hydrogen) atoms. The minimum atomic E-state index is -1.12. The molecule has 1 aromatic carbocycles. The molecule has 2 rings (SSSR count). The molecule has 0 atom stereocenters. The molecule has 1 aromatic heterocycles. The van der Waals surface area contributed by atoms with Crippen LogP contribution in [-0.4, -0.2) is 45.1 Å². The number of aliphatic carboxylic acids is 1. The van der Waals surface area contributed by atoms with Gasteiger partial charge in [-0.2, -0.15) is 0 Å². The number of aromatic nitrogens is 3. The highest BCUT2D eigenvalue weighted by Crippen LogP contribution is 2.09. The first-order chi connectivity index (χ1) is 9.65. The monoisotopic (exact) mass is 276 g/mol. The lowest BCUT2D eigenvalue weighted by atomic mass is 10.3. The quantitative estimate of drug-likeness (QED) is 0.759. The molecule has 0 saturated heterocycles. The molecule has 0 radical (unpaired) electrons. The van der Waals surface area contributed by atoms with Gasteiger partial charge in [-0.15, -0.1) is 0 Å².